The molecule has 1 saturated carbocycles. The number of hydrogen-bond acceptors (Lipinski definition) is 3. The average molecular weight is 247 g/mol. The quantitative estimate of drug-likeness (QED) is 0.738. The molecule has 0 atom stereocenters. The first-order chi connectivity index (χ1) is 7.58. The van der Waals surface area contributed by atoms with Gasteiger partial charge < -0.3 is 5.32 Å². The minimum atomic E-state index is -3.27. The van der Waals surface area contributed by atoms with Crippen molar-refractivity contribution in [3.8, 4) is 0 Å². The van der Waals surface area contributed by atoms with E-state index in [2.05, 4.69) is 17.0 Å². The second-order valence-corrected chi connectivity index (χ2v) is 6.41. The zero-order valence-corrected chi connectivity index (χ0v) is 10.6. The average Bonchev–Trinajstić information content (AvgIpc) is 2.25. The van der Waals surface area contributed by atoms with Crippen molar-refractivity contribution in [2.75, 3.05) is 26.2 Å². The lowest BCUT2D eigenvalue weighted by atomic mass is 9.76. The molecule has 2 fully saturated rings. The van der Waals surface area contributed by atoms with Gasteiger partial charge in [0.15, 0.2) is 0 Å². The third kappa shape index (κ3) is 2.40. The van der Waals surface area contributed by atoms with Crippen LogP contribution in [0.4, 0.5) is 0 Å². The van der Waals surface area contributed by atoms with Crippen molar-refractivity contribution in [2.45, 2.75) is 38.1 Å². The summed E-state index contributed by atoms with van der Waals surface area (Å²) in [5.74, 6) is 0. The number of rotatable bonds is 4. The summed E-state index contributed by atoms with van der Waals surface area (Å²) in [6.45, 7) is 4.71. The molecule has 1 saturated heterocycles. The van der Waals surface area contributed by atoms with Gasteiger partial charge in [-0.2, -0.15) is 17.4 Å². The topological polar surface area (TPSA) is 61.4 Å². The molecule has 0 aromatic carbocycles. The van der Waals surface area contributed by atoms with E-state index in [9.17, 15) is 8.42 Å². The fraction of sp³-hybridized carbons (Fsp3) is 1.00. The molecule has 0 radical (unpaired) electrons. The molecule has 94 valence electrons. The summed E-state index contributed by atoms with van der Waals surface area (Å²) in [6, 6.07) is 0. The molecule has 2 N–H and O–H groups in total. The Balaban J connectivity index is 2.01. The monoisotopic (exact) mass is 247 g/mol. The van der Waals surface area contributed by atoms with E-state index in [1.165, 1.54) is 0 Å². The summed E-state index contributed by atoms with van der Waals surface area (Å²) in [4.78, 5) is 0. The summed E-state index contributed by atoms with van der Waals surface area (Å²) >= 11 is 0. The lowest BCUT2D eigenvalue weighted by Crippen LogP contribution is -2.59. The van der Waals surface area contributed by atoms with Gasteiger partial charge in [0, 0.05) is 31.7 Å². The van der Waals surface area contributed by atoms with Gasteiger partial charge in [0.25, 0.3) is 10.2 Å². The van der Waals surface area contributed by atoms with Crippen molar-refractivity contribution in [1.29, 1.82) is 0 Å². The van der Waals surface area contributed by atoms with Crippen LogP contribution in [0.5, 0.6) is 0 Å². The van der Waals surface area contributed by atoms with Crippen molar-refractivity contribution >= 4 is 10.2 Å². The van der Waals surface area contributed by atoms with Crippen LogP contribution in [-0.4, -0.2) is 44.4 Å². The first kappa shape index (κ1) is 12.3. The van der Waals surface area contributed by atoms with Crippen LogP contribution in [0, 0.1) is 0 Å². The van der Waals surface area contributed by atoms with Crippen molar-refractivity contribution in [3.63, 3.8) is 0 Å². The summed E-state index contributed by atoms with van der Waals surface area (Å²) in [5, 5.41) is 3.16. The van der Waals surface area contributed by atoms with Crippen LogP contribution in [0.3, 0.4) is 0 Å². The maximum atomic E-state index is 12.1. The maximum Gasteiger partial charge on any atom is 0.280 e. The van der Waals surface area contributed by atoms with Crippen molar-refractivity contribution in [3.05, 3.63) is 0 Å². The number of piperazine rings is 1. The third-order valence-corrected chi connectivity index (χ3v) is 5.48. The van der Waals surface area contributed by atoms with E-state index in [-0.39, 0.29) is 5.54 Å². The fourth-order valence-corrected chi connectivity index (χ4v) is 4.04. The largest absolute Gasteiger partial charge is 0.314 e. The summed E-state index contributed by atoms with van der Waals surface area (Å²) in [7, 11) is -3.27. The smallest absolute Gasteiger partial charge is 0.280 e. The van der Waals surface area contributed by atoms with E-state index >= 15 is 0 Å². The van der Waals surface area contributed by atoms with E-state index in [0.29, 0.717) is 13.1 Å². The standard InChI is InChI=1S/C10H21N3O2S/c1-2-10(4-3-5-10)12-16(14,15)13-8-6-11-7-9-13/h11-12H,2-9H2,1H3. The van der Waals surface area contributed by atoms with Crippen molar-refractivity contribution in [2.24, 2.45) is 0 Å². The molecule has 0 amide bonds. The first-order valence-corrected chi connectivity index (χ1v) is 7.52. The van der Waals surface area contributed by atoms with Crippen LogP contribution >= 0.6 is 0 Å². The summed E-state index contributed by atoms with van der Waals surface area (Å²) < 4.78 is 28.7. The SMILES string of the molecule is CCC1(NS(=O)(=O)N2CCNCC2)CCC1. The van der Waals surface area contributed by atoms with Gasteiger partial charge in [0.2, 0.25) is 0 Å². The van der Waals surface area contributed by atoms with E-state index in [0.717, 1.165) is 38.8 Å². The summed E-state index contributed by atoms with van der Waals surface area (Å²) in [6.07, 6.45) is 3.99. The van der Waals surface area contributed by atoms with E-state index < -0.39 is 10.2 Å². The van der Waals surface area contributed by atoms with Gasteiger partial charge in [-0.15, -0.1) is 0 Å². The normalized spacial score (nSPS) is 26.3. The highest BCUT2D eigenvalue weighted by atomic mass is 32.2. The van der Waals surface area contributed by atoms with Gasteiger partial charge in [0.1, 0.15) is 0 Å². The molecule has 6 heteroatoms. The van der Waals surface area contributed by atoms with Crippen LogP contribution in [0.1, 0.15) is 32.6 Å². The number of hydrogen-bond donors (Lipinski definition) is 2. The molecule has 2 aliphatic rings. The Bertz CT molecular complexity index is 326. The van der Waals surface area contributed by atoms with Crippen LogP contribution in [0.25, 0.3) is 0 Å². The predicted octanol–water partition coefficient (Wildman–Crippen LogP) is 0.0587. The summed E-state index contributed by atoms with van der Waals surface area (Å²) in [5.41, 5.74) is -0.149. The molecule has 1 heterocycles. The molecule has 0 spiro atoms. The predicted molar refractivity (Wildman–Crippen MR) is 63.4 cm³/mol. The van der Waals surface area contributed by atoms with Crippen molar-refractivity contribution in [1.82, 2.24) is 14.3 Å². The lowest BCUT2D eigenvalue weighted by Gasteiger charge is -2.43. The molecule has 16 heavy (non-hydrogen) atoms. The first-order valence-electron chi connectivity index (χ1n) is 6.08. The maximum absolute atomic E-state index is 12.1. The molecule has 5 nitrogen and oxygen atoms in total. The zero-order valence-electron chi connectivity index (χ0n) is 9.83. The van der Waals surface area contributed by atoms with Crippen molar-refractivity contribution < 1.29 is 8.42 Å². The Kier molecular flexibility index (Phi) is 3.53. The van der Waals surface area contributed by atoms with Crippen LogP contribution < -0.4 is 10.0 Å². The Morgan fingerprint density at radius 1 is 1.31 bits per heavy atom. The Morgan fingerprint density at radius 3 is 2.38 bits per heavy atom. The second-order valence-electron chi connectivity index (χ2n) is 4.74. The zero-order chi connectivity index (χ0) is 11.6. The molecule has 0 aromatic heterocycles. The third-order valence-electron chi connectivity index (χ3n) is 3.75. The Hall–Kier alpha value is -0.170. The van der Waals surface area contributed by atoms with Crippen LogP contribution in [0.15, 0.2) is 0 Å². The van der Waals surface area contributed by atoms with Gasteiger partial charge in [-0.1, -0.05) is 6.92 Å². The minimum absolute atomic E-state index is 0.149. The number of nitrogens with one attached hydrogen (secondary N) is 2. The van der Waals surface area contributed by atoms with Gasteiger partial charge in [0.05, 0.1) is 0 Å². The van der Waals surface area contributed by atoms with E-state index in [4.69, 9.17) is 0 Å². The molecule has 0 bridgehead atoms. The van der Waals surface area contributed by atoms with Gasteiger partial charge in [-0.25, -0.2) is 0 Å². The van der Waals surface area contributed by atoms with Gasteiger partial charge in [-0.05, 0) is 25.7 Å². The van der Waals surface area contributed by atoms with Gasteiger partial charge in [-0.3, -0.25) is 0 Å². The molecule has 2 rings (SSSR count). The highest BCUT2D eigenvalue weighted by molar-refractivity contribution is 7.87. The van der Waals surface area contributed by atoms with E-state index in [1.807, 2.05) is 0 Å². The highest BCUT2D eigenvalue weighted by Crippen LogP contribution is 2.35. The van der Waals surface area contributed by atoms with Crippen LogP contribution in [-0.2, 0) is 10.2 Å². The number of nitrogens with zero attached hydrogens (tertiary/aromatic N) is 1. The van der Waals surface area contributed by atoms with Crippen LogP contribution in [0.2, 0.25) is 0 Å². The lowest BCUT2D eigenvalue weighted by molar-refractivity contribution is 0.206. The highest BCUT2D eigenvalue weighted by Gasteiger charge is 2.40. The molecule has 1 aliphatic heterocycles. The molecular weight excluding hydrogens is 226 g/mol. The fourth-order valence-electron chi connectivity index (χ4n) is 2.35. The molecule has 1 aliphatic carbocycles. The second kappa shape index (κ2) is 4.60. The molecule has 0 unspecified atom stereocenters. The van der Waals surface area contributed by atoms with Gasteiger partial charge >= 0.3 is 0 Å². The molecular formula is C10H21N3O2S. The Labute approximate surface area is 97.8 Å². The minimum Gasteiger partial charge on any atom is -0.314 e. The van der Waals surface area contributed by atoms with E-state index in [1.54, 1.807) is 4.31 Å². The molecule has 0 aromatic rings. The Morgan fingerprint density at radius 2 is 1.94 bits per heavy atom.